The molecule has 152 valence electrons. The van der Waals surface area contributed by atoms with Gasteiger partial charge >= 0.3 is 6.18 Å². The Morgan fingerprint density at radius 3 is 2.68 bits per heavy atom. The minimum absolute atomic E-state index is 0.0392. The fraction of sp³-hybridized carbons (Fsp3) is 0.333. The lowest BCUT2D eigenvalue weighted by Crippen LogP contribution is -2.21. The van der Waals surface area contributed by atoms with E-state index in [4.69, 9.17) is 4.74 Å². The summed E-state index contributed by atoms with van der Waals surface area (Å²) in [4.78, 5) is 26.6. The van der Waals surface area contributed by atoms with Gasteiger partial charge in [0.25, 0.3) is 0 Å². The first-order valence-corrected chi connectivity index (χ1v) is 9.84. The molecule has 0 aliphatic carbocycles. The zero-order valence-electron chi connectivity index (χ0n) is 15.0. The van der Waals surface area contributed by atoms with Crippen LogP contribution in [0.25, 0.3) is 0 Å². The van der Waals surface area contributed by atoms with Crippen LogP contribution in [0.1, 0.15) is 24.6 Å². The number of rotatable bonds is 8. The number of ether oxygens (including phenoxy) is 1. The zero-order chi connectivity index (χ0) is 20.7. The van der Waals surface area contributed by atoms with Crippen molar-refractivity contribution < 1.29 is 26.9 Å². The molecule has 1 unspecified atom stereocenters. The average Bonchev–Trinajstić information content (AvgIpc) is 2.60. The van der Waals surface area contributed by atoms with E-state index in [-0.39, 0.29) is 22.6 Å². The second kappa shape index (κ2) is 9.54. The van der Waals surface area contributed by atoms with Gasteiger partial charge in [-0.2, -0.15) is 13.2 Å². The fourth-order valence-electron chi connectivity index (χ4n) is 2.25. The molecule has 0 saturated heterocycles. The van der Waals surface area contributed by atoms with E-state index in [1.165, 1.54) is 24.4 Å². The Balaban J connectivity index is 1.93. The number of benzene rings is 1. The number of anilines is 1. The molecule has 1 amide bonds. The van der Waals surface area contributed by atoms with Crippen LogP contribution in [0.2, 0.25) is 0 Å². The van der Waals surface area contributed by atoms with Gasteiger partial charge < -0.3 is 15.0 Å². The predicted molar refractivity (Wildman–Crippen MR) is 99.6 cm³/mol. The van der Waals surface area contributed by atoms with Gasteiger partial charge in [0, 0.05) is 34.4 Å². The number of hydrogen-bond acceptors (Lipinski definition) is 4. The first-order valence-electron chi connectivity index (χ1n) is 8.35. The molecule has 1 heterocycles. The second-order valence-corrected chi connectivity index (χ2v) is 7.35. The molecular weight excluding hydrogens is 397 g/mol. The summed E-state index contributed by atoms with van der Waals surface area (Å²) in [7, 11) is -1.66. The number of carbonyl (C=O) groups is 1. The zero-order valence-corrected chi connectivity index (χ0v) is 15.8. The van der Waals surface area contributed by atoms with Crippen LogP contribution in [0.5, 0.6) is 5.75 Å². The van der Waals surface area contributed by atoms with Gasteiger partial charge in [0.05, 0.1) is 17.9 Å². The van der Waals surface area contributed by atoms with Crippen molar-refractivity contribution >= 4 is 22.4 Å². The third-order valence-electron chi connectivity index (χ3n) is 3.48. The van der Waals surface area contributed by atoms with E-state index < -0.39 is 34.2 Å². The number of amides is 1. The Bertz CT molecular complexity index is 912. The molecule has 0 saturated carbocycles. The third kappa shape index (κ3) is 6.52. The van der Waals surface area contributed by atoms with Crippen molar-refractivity contribution in [1.82, 2.24) is 4.98 Å². The molecule has 1 aromatic heterocycles. The Hall–Kier alpha value is -2.62. The quantitative estimate of drug-likeness (QED) is 0.692. The average molecular weight is 416 g/mol. The molecule has 0 radical (unpaired) electrons. The van der Waals surface area contributed by atoms with Crippen LogP contribution in [0.4, 0.5) is 18.9 Å². The Morgan fingerprint density at radius 1 is 1.29 bits per heavy atom. The van der Waals surface area contributed by atoms with Crippen LogP contribution in [-0.2, 0) is 27.5 Å². The van der Waals surface area contributed by atoms with Gasteiger partial charge in [-0.1, -0.05) is 13.0 Å². The van der Waals surface area contributed by atoms with Crippen LogP contribution < -0.4 is 15.5 Å². The van der Waals surface area contributed by atoms with Crippen molar-refractivity contribution in [3.8, 4) is 5.75 Å². The monoisotopic (exact) mass is 416 g/mol. The summed E-state index contributed by atoms with van der Waals surface area (Å²) in [5.41, 5.74) is -0.941. The lowest BCUT2D eigenvalue weighted by molar-refractivity contribution is -0.137. The van der Waals surface area contributed by atoms with Crippen LogP contribution in [0, 0.1) is 0 Å². The van der Waals surface area contributed by atoms with E-state index in [1.54, 1.807) is 0 Å². The number of halogens is 3. The number of pyridine rings is 1. The summed E-state index contributed by atoms with van der Waals surface area (Å²) in [5, 5.41) is 2.29. The highest BCUT2D eigenvalue weighted by atomic mass is 32.2. The van der Waals surface area contributed by atoms with Crippen molar-refractivity contribution in [2.24, 2.45) is 0 Å². The number of aromatic amines is 1. The lowest BCUT2D eigenvalue weighted by Gasteiger charge is -2.10. The molecule has 0 aliphatic rings. The van der Waals surface area contributed by atoms with Gasteiger partial charge in [-0.15, -0.1) is 0 Å². The van der Waals surface area contributed by atoms with Crippen molar-refractivity contribution in [3.63, 3.8) is 0 Å². The Labute approximate surface area is 161 Å². The molecule has 0 fully saturated rings. The largest absolute Gasteiger partial charge is 0.488 e. The lowest BCUT2D eigenvalue weighted by atomic mass is 10.2. The summed E-state index contributed by atoms with van der Waals surface area (Å²) >= 11 is 0. The van der Waals surface area contributed by atoms with Gasteiger partial charge in [0.2, 0.25) is 11.3 Å². The number of carbonyl (C=O) groups excluding carboxylic acids is 1. The molecule has 2 aromatic rings. The summed E-state index contributed by atoms with van der Waals surface area (Å²) < 4.78 is 55.4. The molecule has 1 atom stereocenters. The SMILES string of the molecule is CCCOc1c[nH]c(CS(=O)CC(=O)Nc2cccc(C(F)(F)F)c2)cc1=O. The number of H-pyrrole nitrogens is 1. The van der Waals surface area contributed by atoms with Crippen LogP contribution >= 0.6 is 0 Å². The van der Waals surface area contributed by atoms with Crippen molar-refractivity contribution in [2.45, 2.75) is 25.3 Å². The number of nitrogens with one attached hydrogen (secondary N) is 2. The molecular formula is C18H19F3N2O4S. The normalized spacial score (nSPS) is 12.4. The van der Waals surface area contributed by atoms with E-state index in [9.17, 15) is 27.0 Å². The molecule has 0 bridgehead atoms. The maximum absolute atomic E-state index is 12.7. The smallest absolute Gasteiger partial charge is 0.416 e. The number of aromatic nitrogens is 1. The van der Waals surface area contributed by atoms with Crippen LogP contribution in [0.15, 0.2) is 41.3 Å². The minimum Gasteiger partial charge on any atom is -0.488 e. The number of hydrogen-bond donors (Lipinski definition) is 2. The van der Waals surface area contributed by atoms with E-state index >= 15 is 0 Å². The first kappa shape index (κ1) is 21.7. The molecule has 1 aromatic carbocycles. The van der Waals surface area contributed by atoms with Gasteiger partial charge in [-0.05, 0) is 24.6 Å². The van der Waals surface area contributed by atoms with Gasteiger partial charge in [0.1, 0.15) is 5.75 Å². The first-order chi connectivity index (χ1) is 13.2. The van der Waals surface area contributed by atoms with Gasteiger partial charge in [-0.25, -0.2) is 0 Å². The van der Waals surface area contributed by atoms with Crippen molar-refractivity contribution in [3.05, 3.63) is 58.0 Å². The second-order valence-electron chi connectivity index (χ2n) is 5.89. The standard InChI is InChI=1S/C18H19F3N2O4S/c1-2-6-27-16-9-22-14(8-15(16)24)10-28(26)11-17(25)23-13-5-3-4-12(7-13)18(19,20)21/h3-5,7-9H,2,6,10-11H2,1H3,(H,22,24)(H,23,25). The highest BCUT2D eigenvalue weighted by Gasteiger charge is 2.30. The topological polar surface area (TPSA) is 88.3 Å². The van der Waals surface area contributed by atoms with Gasteiger partial charge in [-0.3, -0.25) is 13.8 Å². The predicted octanol–water partition coefficient (Wildman–Crippen LogP) is 3.07. The molecule has 6 nitrogen and oxygen atoms in total. The molecule has 0 spiro atoms. The number of alkyl halides is 3. The van der Waals surface area contributed by atoms with Crippen LogP contribution in [0.3, 0.4) is 0 Å². The maximum Gasteiger partial charge on any atom is 0.416 e. The summed E-state index contributed by atoms with van der Waals surface area (Å²) in [6, 6.07) is 5.41. The van der Waals surface area contributed by atoms with E-state index in [1.807, 2.05) is 6.92 Å². The van der Waals surface area contributed by atoms with E-state index in [0.717, 1.165) is 18.6 Å². The van der Waals surface area contributed by atoms with Crippen molar-refractivity contribution in [2.75, 3.05) is 17.7 Å². The molecule has 10 heteroatoms. The maximum atomic E-state index is 12.7. The highest BCUT2D eigenvalue weighted by Crippen LogP contribution is 2.30. The summed E-state index contributed by atoms with van der Waals surface area (Å²) in [5.74, 6) is -1.05. The highest BCUT2D eigenvalue weighted by molar-refractivity contribution is 7.84. The molecule has 28 heavy (non-hydrogen) atoms. The summed E-state index contributed by atoms with van der Waals surface area (Å²) in [6.07, 6.45) is -2.41. The Morgan fingerprint density at radius 2 is 2.04 bits per heavy atom. The Kier molecular flexibility index (Phi) is 7.38. The van der Waals surface area contributed by atoms with Gasteiger partial charge in [0.15, 0.2) is 5.75 Å². The van der Waals surface area contributed by atoms with Crippen LogP contribution in [-0.4, -0.2) is 27.5 Å². The summed E-state index contributed by atoms with van der Waals surface area (Å²) in [6.45, 7) is 2.29. The fourth-order valence-corrected chi connectivity index (χ4v) is 3.23. The molecule has 2 rings (SSSR count). The van der Waals surface area contributed by atoms with E-state index in [0.29, 0.717) is 12.3 Å². The minimum atomic E-state index is -4.53. The molecule has 2 N–H and O–H groups in total. The van der Waals surface area contributed by atoms with E-state index in [2.05, 4.69) is 10.3 Å². The molecule has 0 aliphatic heterocycles. The third-order valence-corrected chi connectivity index (χ3v) is 4.70. The van der Waals surface area contributed by atoms with Crippen molar-refractivity contribution in [1.29, 1.82) is 0 Å².